The van der Waals surface area contributed by atoms with E-state index in [2.05, 4.69) is 72.1 Å². The lowest BCUT2D eigenvalue weighted by Crippen LogP contribution is -2.52. The number of amides is 9. The van der Waals surface area contributed by atoms with Crippen LogP contribution in [0.25, 0.3) is 0 Å². The number of hydrogen-bond acceptors (Lipinski definition) is 24. The molecule has 7 unspecified atom stereocenters. The van der Waals surface area contributed by atoms with Crippen LogP contribution in [0.5, 0.6) is 0 Å². The van der Waals surface area contributed by atoms with E-state index in [0.29, 0.717) is 37.6 Å². The van der Waals surface area contributed by atoms with Crippen LogP contribution in [-0.4, -0.2) is 218 Å². The van der Waals surface area contributed by atoms with E-state index in [-0.39, 0.29) is 171 Å². The minimum atomic E-state index is -1.13. The number of carboxylic acids is 1. The molecule has 7 atom stereocenters. The Balaban J connectivity index is 0.00000135. The van der Waals surface area contributed by atoms with Gasteiger partial charge in [-0.2, -0.15) is 25.3 Å². The van der Waals surface area contributed by atoms with E-state index in [4.69, 9.17) is 26.0 Å². The number of likely N-dealkylation sites (tertiary alicyclic amines) is 4. The number of imide groups is 4. The molecule has 25 nitrogen and oxygen atoms in total. The number of ether oxygens (including phenoxy) is 2. The minimum Gasteiger partial charge on any atom is -0.481 e. The second-order valence-corrected chi connectivity index (χ2v) is 45.0. The number of nitrogens with one attached hydrogen (secondary N) is 1. The van der Waals surface area contributed by atoms with Crippen LogP contribution in [0.15, 0.2) is 0 Å². The lowest BCUT2D eigenvalue weighted by Gasteiger charge is -2.32. The van der Waals surface area contributed by atoms with Crippen molar-refractivity contribution in [2.24, 2.45) is 56.3 Å². The monoisotopic (exact) mass is 1660 g/mol. The Kier molecular flexibility index (Phi) is 44.3. The van der Waals surface area contributed by atoms with E-state index in [1.165, 1.54) is 38.2 Å². The van der Waals surface area contributed by atoms with Gasteiger partial charge in [-0.25, -0.2) is 0 Å². The molecule has 4 heterocycles. The summed E-state index contributed by atoms with van der Waals surface area (Å²) in [5.74, 6) is -1.69. The Morgan fingerprint density at radius 3 is 1.32 bits per heavy atom. The topological polar surface area (TPSA) is 372 Å². The molecule has 638 valence electrons. The van der Waals surface area contributed by atoms with Gasteiger partial charge in [0.15, 0.2) is 11.6 Å². The number of ketones is 4. The highest BCUT2D eigenvalue weighted by atomic mass is 32.2. The van der Waals surface area contributed by atoms with E-state index in [9.17, 15) is 71.9 Å². The first kappa shape index (κ1) is 106. The maximum absolute atomic E-state index is 12.5. The number of thioether (sulfide) groups is 3. The summed E-state index contributed by atoms with van der Waals surface area (Å²) in [6.45, 7) is 54.1. The number of hydrogen-bond donors (Lipinski definition) is 6. The number of carbonyl (C=O) groups is 15. The Morgan fingerprint density at radius 1 is 0.514 bits per heavy atom. The van der Waals surface area contributed by atoms with Crippen molar-refractivity contribution in [2.75, 3.05) is 52.5 Å². The van der Waals surface area contributed by atoms with E-state index in [1.54, 1.807) is 74.1 Å². The predicted octanol–water partition coefficient (Wildman–Crippen LogP) is 11.6. The quantitative estimate of drug-likeness (QED) is 0.0192. The zero-order valence-electron chi connectivity index (χ0n) is 72.1. The van der Waals surface area contributed by atoms with Crippen molar-refractivity contribution in [3.05, 3.63) is 0 Å². The highest BCUT2D eigenvalue weighted by Gasteiger charge is 2.48. The summed E-state index contributed by atoms with van der Waals surface area (Å²) in [5, 5.41) is 8.56. The highest BCUT2D eigenvalue weighted by molar-refractivity contribution is 8.02. The Labute approximate surface area is 687 Å². The number of carbonyl (C=O) groups excluding carboxylic acids is 14. The number of thiol groups is 2. The summed E-state index contributed by atoms with van der Waals surface area (Å²) in [7, 11) is 0. The van der Waals surface area contributed by atoms with Crippen molar-refractivity contribution in [2.45, 2.75) is 323 Å². The van der Waals surface area contributed by atoms with Gasteiger partial charge < -0.3 is 31.4 Å². The predicted molar refractivity (Wildman–Crippen MR) is 449 cm³/mol. The number of nitrogens with zero attached hydrogens (tertiary/aromatic N) is 4. The van der Waals surface area contributed by atoms with E-state index < -0.39 is 62.4 Å². The maximum atomic E-state index is 12.5. The summed E-state index contributed by atoms with van der Waals surface area (Å²) >= 11 is 12.6. The number of unbranched alkanes of at least 4 members (excludes halogenated alkanes) is 2. The standard InChI is InChI=1S/C18H31NO3S.C17H29NO5S.C16H25NO3S.C15H26N2O3S.C11H20N2O4S.C4H10/c1-17(2,3)14(20)10-8-7-9-11-19-15(21)12-13(16(19)22)23-18(4,5)6;1-16(2,3)15(21)23-10-9-22-8-7-18-13(19)11-12(14(18)20)24-17(4,5)6;1-16(2,3)14(19)11-6-4-10(5-7-11)9-17-13(18)8-12(21)15(17)20;1-14(2,3)12(19)9(8-16)17-11(18)7-10(13(17)20)21-15(4,5)6;1-11(2,3)9(16)6(5-12)13-10(17)7(18)4-8(14)15;1-4(2)3/h13H,7-12H2,1-6H3;12H,7-11H2,1-6H3;10-12,21H,4-9H2,1-3H3;9-10H,7-8,16H2,1-6H3;6-7,18H,4-5,12H2,1-3H3,(H,13,17)(H,14,15);4H,1-3H3. The smallest absolute Gasteiger partial charge is 0.311 e. The van der Waals surface area contributed by atoms with Gasteiger partial charge in [0, 0.05) is 100 Å². The lowest BCUT2D eigenvalue weighted by molar-refractivity contribution is -0.154. The Morgan fingerprint density at radius 2 is 0.946 bits per heavy atom. The molecular weight excluding hydrogens is 1520 g/mol. The van der Waals surface area contributed by atoms with Crippen LogP contribution in [-0.2, 0) is 81.4 Å². The van der Waals surface area contributed by atoms with Crippen LogP contribution < -0.4 is 16.8 Å². The van der Waals surface area contributed by atoms with Crippen LogP contribution in [0.2, 0.25) is 0 Å². The zero-order chi connectivity index (χ0) is 86.8. The van der Waals surface area contributed by atoms with Gasteiger partial charge in [0.1, 0.15) is 30.3 Å². The minimum absolute atomic E-state index is 0.0239. The number of nitrogens with two attached hydrogens (primary N) is 2. The van der Waals surface area contributed by atoms with E-state index in [1.807, 2.05) is 83.1 Å². The fraction of sp³-hybridized carbons (Fsp3) is 0.815. The highest BCUT2D eigenvalue weighted by Crippen LogP contribution is 2.39. The number of carboxylic acid groups (broad SMARTS) is 1. The number of aliphatic carboxylic acids is 1. The van der Waals surface area contributed by atoms with Gasteiger partial charge in [-0.1, -0.05) is 173 Å². The summed E-state index contributed by atoms with van der Waals surface area (Å²) in [6.07, 6.45) is 7.18. The summed E-state index contributed by atoms with van der Waals surface area (Å²) in [5.41, 5.74) is 8.76. The molecule has 9 amide bonds. The lowest BCUT2D eigenvalue weighted by atomic mass is 9.73. The average molecular weight is 1660 g/mol. The molecule has 1 saturated carbocycles. The molecule has 5 aliphatic rings. The second kappa shape index (κ2) is 46.3. The van der Waals surface area contributed by atoms with Crippen LogP contribution in [0.3, 0.4) is 0 Å². The van der Waals surface area contributed by atoms with Gasteiger partial charge in [-0.15, -0.1) is 35.3 Å². The summed E-state index contributed by atoms with van der Waals surface area (Å²) < 4.78 is 10.2. The molecule has 30 heteroatoms. The van der Waals surface area contributed by atoms with Gasteiger partial charge >= 0.3 is 11.9 Å². The Hall–Kier alpha value is -4.72. The molecule has 5 fully saturated rings. The fourth-order valence-corrected chi connectivity index (χ4v) is 15.9. The zero-order valence-corrected chi connectivity index (χ0v) is 76.3. The molecule has 4 aliphatic heterocycles. The van der Waals surface area contributed by atoms with Gasteiger partial charge in [-0.3, -0.25) is 91.5 Å². The first-order valence-electron chi connectivity index (χ1n) is 38.9. The first-order chi connectivity index (χ1) is 50.2. The Bertz CT molecular complexity index is 3170. The SMILES string of the molecule is CC(C)(C)C(=O)C(CN)NC(=O)C(S)CC(=O)O.CC(C)(C)C(=O)C1CCC(CN2C(=O)CC(S)C2=O)CC1.CC(C)(C)SC1CC(=O)N(C(CN)C(=O)C(C)(C)C)C1=O.CC(C)(C)SC1CC(=O)N(CCCCCC(=O)C(C)(C)C)C1=O.CC(C)(C)SC1CC(=O)N(CCOCCOC(=O)C(C)(C)C)C1=O.CC(C)C. The summed E-state index contributed by atoms with van der Waals surface area (Å²) in [6, 6.07) is -1.67. The maximum Gasteiger partial charge on any atom is 0.311 e. The van der Waals surface area contributed by atoms with Crippen molar-refractivity contribution in [3.8, 4) is 0 Å². The van der Waals surface area contributed by atoms with Crippen LogP contribution in [0.4, 0.5) is 0 Å². The molecule has 0 aromatic heterocycles. The molecule has 0 aromatic rings. The normalized spacial score (nSPS) is 20.9. The number of Topliss-reactive ketones (excluding diaryl/α,β-unsaturated/α-hetero) is 4. The molecular formula is C81H141N7O18S5. The number of rotatable bonds is 27. The van der Waals surface area contributed by atoms with E-state index >= 15 is 0 Å². The number of esters is 1. The van der Waals surface area contributed by atoms with Crippen molar-refractivity contribution >= 4 is 149 Å². The van der Waals surface area contributed by atoms with Crippen LogP contribution in [0.1, 0.15) is 270 Å². The third-order valence-corrected chi connectivity index (χ3v) is 22.1. The molecule has 4 saturated heterocycles. The molecule has 111 heavy (non-hydrogen) atoms. The van der Waals surface area contributed by atoms with Gasteiger partial charge in [0.2, 0.25) is 53.2 Å². The fourth-order valence-electron chi connectivity index (χ4n) is 11.5. The van der Waals surface area contributed by atoms with E-state index in [0.717, 1.165) is 55.8 Å². The molecule has 1 aliphatic carbocycles. The molecule has 6 N–H and O–H groups in total. The van der Waals surface area contributed by atoms with Crippen molar-refractivity contribution < 1.29 is 86.5 Å². The molecule has 0 spiro atoms. The van der Waals surface area contributed by atoms with Gasteiger partial charge in [0.25, 0.3) is 0 Å². The molecule has 0 aromatic carbocycles. The summed E-state index contributed by atoms with van der Waals surface area (Å²) in [4.78, 5) is 184. The van der Waals surface area contributed by atoms with Gasteiger partial charge in [-0.05, 0) is 71.1 Å². The van der Waals surface area contributed by atoms with Gasteiger partial charge in [0.05, 0.1) is 57.8 Å². The molecule has 0 bridgehead atoms. The van der Waals surface area contributed by atoms with Crippen molar-refractivity contribution in [1.29, 1.82) is 0 Å². The third kappa shape index (κ3) is 40.1. The van der Waals surface area contributed by atoms with Crippen molar-refractivity contribution in [1.82, 2.24) is 24.9 Å². The molecule has 0 radical (unpaired) electrons. The average Bonchev–Trinajstić information content (AvgIpc) is 1.68. The van der Waals surface area contributed by atoms with Crippen LogP contribution >= 0.6 is 60.5 Å². The largest absolute Gasteiger partial charge is 0.481 e. The van der Waals surface area contributed by atoms with Crippen molar-refractivity contribution in [3.63, 3.8) is 0 Å². The first-order valence-corrected chi connectivity index (χ1v) is 42.5. The van der Waals surface area contributed by atoms with Crippen LogP contribution in [0, 0.1) is 44.8 Å². The third-order valence-electron chi connectivity index (χ3n) is 17.2. The second-order valence-electron chi connectivity index (χ2n) is 37.6. The molecule has 5 rings (SSSR count).